The van der Waals surface area contributed by atoms with Gasteiger partial charge in [0.1, 0.15) is 0 Å². The summed E-state index contributed by atoms with van der Waals surface area (Å²) in [5, 5.41) is 5.11. The third-order valence-electron chi connectivity index (χ3n) is 4.87. The largest absolute Gasteiger partial charge is 0.316 e. The highest BCUT2D eigenvalue weighted by Gasteiger charge is 2.30. The maximum Gasteiger partial charge on any atom is 0.0453 e. The van der Waals surface area contributed by atoms with Crippen LogP contribution in [0, 0.1) is 11.8 Å². The lowest BCUT2D eigenvalue weighted by Crippen LogP contribution is -2.41. The molecule has 3 atom stereocenters. The maximum absolute atomic E-state index is 6.33. The van der Waals surface area contributed by atoms with Crippen LogP contribution in [0.5, 0.6) is 0 Å². The minimum Gasteiger partial charge on any atom is -0.316 e. The van der Waals surface area contributed by atoms with Gasteiger partial charge >= 0.3 is 0 Å². The van der Waals surface area contributed by atoms with E-state index in [9.17, 15) is 0 Å². The van der Waals surface area contributed by atoms with E-state index < -0.39 is 0 Å². The molecule has 0 saturated heterocycles. The first-order valence-corrected chi connectivity index (χ1v) is 8.53. The second kappa shape index (κ2) is 7.68. The molecule has 1 aliphatic rings. The summed E-state index contributed by atoms with van der Waals surface area (Å²) < 4.78 is 0. The Morgan fingerprint density at radius 2 is 1.85 bits per heavy atom. The third kappa shape index (κ3) is 3.69. The zero-order chi connectivity index (χ0) is 14.5. The van der Waals surface area contributed by atoms with Gasteiger partial charge in [-0.25, -0.2) is 0 Å². The minimum absolute atomic E-state index is 0.470. The van der Waals surface area contributed by atoms with Gasteiger partial charge in [0.15, 0.2) is 0 Å². The molecule has 1 saturated carbocycles. The van der Waals surface area contributed by atoms with Gasteiger partial charge < -0.3 is 5.32 Å². The van der Waals surface area contributed by atoms with E-state index in [1.165, 1.54) is 32.1 Å². The highest BCUT2D eigenvalue weighted by molar-refractivity contribution is 6.36. The van der Waals surface area contributed by atoms with Crippen LogP contribution < -0.4 is 5.32 Å². The Kier molecular flexibility index (Phi) is 6.20. The Morgan fingerprint density at radius 3 is 2.45 bits per heavy atom. The average molecular weight is 314 g/mol. The van der Waals surface area contributed by atoms with Crippen LogP contribution >= 0.6 is 23.2 Å². The zero-order valence-corrected chi connectivity index (χ0v) is 14.0. The van der Waals surface area contributed by atoms with Crippen molar-refractivity contribution < 1.29 is 0 Å². The maximum atomic E-state index is 6.33. The van der Waals surface area contributed by atoms with E-state index in [4.69, 9.17) is 23.2 Å². The van der Waals surface area contributed by atoms with Gasteiger partial charge in [-0.1, -0.05) is 61.9 Å². The normalized spacial score (nSPS) is 24.6. The third-order valence-corrected chi connectivity index (χ3v) is 5.57. The van der Waals surface area contributed by atoms with Crippen LogP contribution in [0.15, 0.2) is 18.2 Å². The second-order valence-electron chi connectivity index (χ2n) is 5.92. The van der Waals surface area contributed by atoms with Crippen LogP contribution in [-0.4, -0.2) is 13.1 Å². The van der Waals surface area contributed by atoms with Gasteiger partial charge in [0.25, 0.3) is 0 Å². The lowest BCUT2D eigenvalue weighted by molar-refractivity contribution is 0.179. The molecule has 3 unspecified atom stereocenters. The summed E-state index contributed by atoms with van der Waals surface area (Å²) in [5.74, 6) is 1.58. The lowest BCUT2D eigenvalue weighted by Gasteiger charge is -2.37. The molecule has 0 aromatic heterocycles. The molecule has 3 heteroatoms. The summed E-state index contributed by atoms with van der Waals surface area (Å²) in [6.07, 6.45) is 7.64. The molecule has 112 valence electrons. The van der Waals surface area contributed by atoms with Crippen molar-refractivity contribution in [2.45, 2.75) is 51.5 Å². The Labute approximate surface area is 133 Å². The van der Waals surface area contributed by atoms with Crippen LogP contribution in [0.3, 0.4) is 0 Å². The quantitative estimate of drug-likeness (QED) is 0.773. The van der Waals surface area contributed by atoms with E-state index in [2.05, 4.69) is 19.3 Å². The molecule has 1 aliphatic carbocycles. The van der Waals surface area contributed by atoms with Gasteiger partial charge in [-0.2, -0.15) is 0 Å². The smallest absolute Gasteiger partial charge is 0.0453 e. The van der Waals surface area contributed by atoms with Gasteiger partial charge in [0.05, 0.1) is 0 Å². The fraction of sp³-hybridized carbons (Fsp3) is 0.647. The zero-order valence-electron chi connectivity index (χ0n) is 12.5. The number of benzene rings is 1. The number of rotatable bonds is 5. The Bertz CT molecular complexity index is 413. The molecule has 0 heterocycles. The van der Waals surface area contributed by atoms with Crippen molar-refractivity contribution in [3.8, 4) is 0 Å². The summed E-state index contributed by atoms with van der Waals surface area (Å²) in [6, 6.07) is 6.26. The summed E-state index contributed by atoms with van der Waals surface area (Å²) in [4.78, 5) is 0. The molecule has 0 bridgehead atoms. The van der Waals surface area contributed by atoms with Crippen molar-refractivity contribution in [1.29, 1.82) is 0 Å². The van der Waals surface area contributed by atoms with Crippen molar-refractivity contribution in [2.24, 2.45) is 11.8 Å². The molecule has 1 N–H and O–H groups in total. The molecule has 0 spiro atoms. The molecular formula is C17H25Cl2N. The number of hydrogen-bond donors (Lipinski definition) is 1. The molecule has 0 radical (unpaired) electrons. The highest BCUT2D eigenvalue weighted by atomic mass is 35.5. The highest BCUT2D eigenvalue weighted by Crippen LogP contribution is 2.36. The fourth-order valence-electron chi connectivity index (χ4n) is 3.69. The van der Waals surface area contributed by atoms with E-state index in [-0.39, 0.29) is 0 Å². The Morgan fingerprint density at radius 1 is 1.20 bits per heavy atom. The van der Waals surface area contributed by atoms with Gasteiger partial charge in [-0.3, -0.25) is 0 Å². The second-order valence-corrected chi connectivity index (χ2v) is 6.73. The molecule has 1 nitrogen and oxygen atoms in total. The van der Waals surface area contributed by atoms with E-state index in [0.717, 1.165) is 33.9 Å². The first kappa shape index (κ1) is 16.1. The van der Waals surface area contributed by atoms with Gasteiger partial charge in [0, 0.05) is 16.1 Å². The summed E-state index contributed by atoms with van der Waals surface area (Å²) in [6.45, 7) is 2.32. The Balaban J connectivity index is 2.15. The molecule has 1 aromatic carbocycles. The van der Waals surface area contributed by atoms with E-state index in [1.54, 1.807) is 0 Å². The van der Waals surface area contributed by atoms with Crippen molar-refractivity contribution in [1.82, 2.24) is 5.32 Å². The Hall–Kier alpha value is -0.240. The standard InChI is InChI=1S/C17H25Cl2N/c1-3-12-7-4-5-8-13(12)17(20-2)11-14-15(18)9-6-10-16(14)19/h6,9-10,12-13,17,20H,3-5,7-8,11H2,1-2H3. The predicted molar refractivity (Wildman–Crippen MR) is 88.8 cm³/mol. The number of hydrogen-bond acceptors (Lipinski definition) is 1. The van der Waals surface area contributed by atoms with E-state index in [1.807, 2.05) is 18.2 Å². The van der Waals surface area contributed by atoms with E-state index in [0.29, 0.717) is 6.04 Å². The van der Waals surface area contributed by atoms with Crippen molar-refractivity contribution in [2.75, 3.05) is 7.05 Å². The van der Waals surface area contributed by atoms with Crippen molar-refractivity contribution >= 4 is 23.2 Å². The molecule has 1 aromatic rings. The van der Waals surface area contributed by atoms with Crippen LogP contribution in [0.4, 0.5) is 0 Å². The first-order chi connectivity index (χ1) is 9.67. The molecule has 0 aliphatic heterocycles. The molecule has 1 fully saturated rings. The SMILES string of the molecule is CCC1CCCCC1C(Cc1c(Cl)cccc1Cl)NC. The summed E-state index contributed by atoms with van der Waals surface area (Å²) in [5.41, 5.74) is 1.09. The fourth-order valence-corrected chi connectivity index (χ4v) is 4.24. The van der Waals surface area contributed by atoms with Gasteiger partial charge in [0.2, 0.25) is 0 Å². The van der Waals surface area contributed by atoms with Crippen LogP contribution in [0.2, 0.25) is 10.0 Å². The van der Waals surface area contributed by atoms with Crippen LogP contribution in [0.1, 0.15) is 44.6 Å². The molecule has 2 rings (SSSR count). The molecule has 20 heavy (non-hydrogen) atoms. The minimum atomic E-state index is 0.470. The predicted octanol–water partition coefficient (Wildman–Crippen LogP) is 5.34. The summed E-state index contributed by atoms with van der Waals surface area (Å²) >= 11 is 12.7. The van der Waals surface area contributed by atoms with Gasteiger partial charge in [-0.15, -0.1) is 0 Å². The summed E-state index contributed by atoms with van der Waals surface area (Å²) in [7, 11) is 2.07. The van der Waals surface area contributed by atoms with E-state index >= 15 is 0 Å². The lowest BCUT2D eigenvalue weighted by atomic mass is 9.73. The van der Waals surface area contributed by atoms with Crippen molar-refractivity contribution in [3.63, 3.8) is 0 Å². The topological polar surface area (TPSA) is 12.0 Å². The molecular weight excluding hydrogens is 289 g/mol. The average Bonchev–Trinajstić information content (AvgIpc) is 2.47. The number of likely N-dealkylation sites (N-methyl/N-ethyl adjacent to an activating group) is 1. The van der Waals surface area contributed by atoms with Gasteiger partial charge in [-0.05, 0) is 49.4 Å². The number of halogens is 2. The molecule has 0 amide bonds. The first-order valence-electron chi connectivity index (χ1n) is 7.77. The van der Waals surface area contributed by atoms with Crippen LogP contribution in [0.25, 0.3) is 0 Å². The monoisotopic (exact) mass is 313 g/mol. The number of nitrogens with one attached hydrogen (secondary N) is 1. The van der Waals surface area contributed by atoms with Crippen LogP contribution in [-0.2, 0) is 6.42 Å². The van der Waals surface area contributed by atoms with Crippen molar-refractivity contribution in [3.05, 3.63) is 33.8 Å².